The average Bonchev–Trinajstić information content (AvgIpc) is 2.94. The van der Waals surface area contributed by atoms with Crippen molar-refractivity contribution in [3.63, 3.8) is 0 Å². The molecule has 21 heavy (non-hydrogen) atoms. The maximum atomic E-state index is 4.77. The molecule has 0 aliphatic carbocycles. The van der Waals surface area contributed by atoms with Crippen LogP contribution in [0.2, 0.25) is 0 Å². The lowest BCUT2D eigenvalue weighted by atomic mass is 10.1. The van der Waals surface area contributed by atoms with Crippen molar-refractivity contribution in [2.24, 2.45) is 5.92 Å². The number of nitrogens with zero attached hydrogens (tertiary/aromatic N) is 3. The number of nitrogens with one attached hydrogen (secondary N) is 1. The van der Waals surface area contributed by atoms with Crippen molar-refractivity contribution in [1.29, 1.82) is 0 Å². The van der Waals surface area contributed by atoms with Crippen LogP contribution in [0, 0.1) is 5.92 Å². The molecule has 2 rings (SSSR count). The molecule has 2 heterocycles. The minimum Gasteiger partial charge on any atom is -0.357 e. The van der Waals surface area contributed by atoms with E-state index >= 15 is 0 Å². The number of thiophene rings is 1. The molecule has 0 saturated carbocycles. The van der Waals surface area contributed by atoms with Crippen LogP contribution in [0.5, 0.6) is 0 Å². The van der Waals surface area contributed by atoms with E-state index in [1.807, 2.05) is 7.05 Å². The Morgan fingerprint density at radius 3 is 2.52 bits per heavy atom. The van der Waals surface area contributed by atoms with Gasteiger partial charge in [0, 0.05) is 19.6 Å². The quantitative estimate of drug-likeness (QED) is 0.824. The third kappa shape index (κ3) is 3.46. The highest BCUT2D eigenvalue weighted by molar-refractivity contribution is 7.16. The highest BCUT2D eigenvalue weighted by Crippen LogP contribution is 2.31. The van der Waals surface area contributed by atoms with Gasteiger partial charge < -0.3 is 10.2 Å². The van der Waals surface area contributed by atoms with E-state index in [1.165, 1.54) is 5.39 Å². The molecule has 1 N–H and O–H groups in total. The molecule has 116 valence electrons. The van der Waals surface area contributed by atoms with Crippen LogP contribution >= 0.6 is 11.3 Å². The highest BCUT2D eigenvalue weighted by Gasteiger charge is 2.21. The average molecular weight is 306 g/mol. The summed E-state index contributed by atoms with van der Waals surface area (Å²) in [7, 11) is 1.88. The molecular weight excluding hydrogens is 280 g/mol. The Morgan fingerprint density at radius 1 is 1.24 bits per heavy atom. The maximum Gasteiger partial charge on any atom is 0.225 e. The molecule has 2 aromatic heterocycles. The molecule has 0 radical (unpaired) electrons. The predicted octanol–water partition coefficient (Wildman–Crippen LogP) is 4.38. The molecule has 4 nitrogen and oxygen atoms in total. The molecule has 0 fully saturated rings. The number of aromatic nitrogens is 2. The number of hydrogen-bond acceptors (Lipinski definition) is 5. The molecule has 0 unspecified atom stereocenters. The lowest BCUT2D eigenvalue weighted by Gasteiger charge is -2.33. The van der Waals surface area contributed by atoms with Gasteiger partial charge in [-0.15, -0.1) is 11.3 Å². The van der Waals surface area contributed by atoms with E-state index in [2.05, 4.69) is 54.3 Å². The van der Waals surface area contributed by atoms with Crippen LogP contribution in [0.25, 0.3) is 10.2 Å². The summed E-state index contributed by atoms with van der Waals surface area (Å²) in [4.78, 5) is 12.9. The molecule has 0 saturated heterocycles. The Balaban J connectivity index is 2.54. The second-order valence-electron chi connectivity index (χ2n) is 5.78. The summed E-state index contributed by atoms with van der Waals surface area (Å²) >= 11 is 1.68. The number of anilines is 2. The lowest BCUT2D eigenvalue weighted by Crippen LogP contribution is -2.38. The van der Waals surface area contributed by atoms with Gasteiger partial charge in [0.15, 0.2) is 0 Å². The van der Waals surface area contributed by atoms with E-state index in [4.69, 9.17) is 4.98 Å². The van der Waals surface area contributed by atoms with Crippen molar-refractivity contribution < 1.29 is 0 Å². The molecule has 0 aliphatic rings. The van der Waals surface area contributed by atoms with Crippen molar-refractivity contribution in [3.05, 3.63) is 11.4 Å². The minimum absolute atomic E-state index is 0.523. The smallest absolute Gasteiger partial charge is 0.225 e. The number of rotatable bonds is 7. The topological polar surface area (TPSA) is 41.1 Å². The summed E-state index contributed by atoms with van der Waals surface area (Å²) in [5.41, 5.74) is 0. The van der Waals surface area contributed by atoms with Crippen LogP contribution in [0.15, 0.2) is 11.4 Å². The van der Waals surface area contributed by atoms with E-state index in [-0.39, 0.29) is 0 Å². The number of fused-ring (bicyclic) bond motifs is 1. The van der Waals surface area contributed by atoms with Gasteiger partial charge in [-0.2, -0.15) is 4.98 Å². The van der Waals surface area contributed by atoms with Gasteiger partial charge >= 0.3 is 0 Å². The van der Waals surface area contributed by atoms with Crippen LogP contribution < -0.4 is 10.2 Å². The van der Waals surface area contributed by atoms with Crippen LogP contribution in [-0.2, 0) is 0 Å². The first-order valence-electron chi connectivity index (χ1n) is 7.80. The van der Waals surface area contributed by atoms with E-state index in [1.54, 1.807) is 11.3 Å². The van der Waals surface area contributed by atoms with Gasteiger partial charge in [0.2, 0.25) is 5.95 Å². The summed E-state index contributed by atoms with van der Waals surface area (Å²) < 4.78 is 0. The highest BCUT2D eigenvalue weighted by atomic mass is 32.1. The summed E-state index contributed by atoms with van der Waals surface area (Å²) in [6.45, 7) is 10.1. The molecule has 0 bridgehead atoms. The van der Waals surface area contributed by atoms with Crippen LogP contribution in [0.1, 0.15) is 40.5 Å². The van der Waals surface area contributed by atoms with Crippen molar-refractivity contribution in [2.45, 2.75) is 46.6 Å². The zero-order valence-electron chi connectivity index (χ0n) is 13.7. The standard InChI is InChI=1S/C16H26N4S/c1-6-12(7-2)20(10-11(3)4)14-13-8-9-21-15(13)19-16(17-5)18-14/h8-9,11-12H,6-7,10H2,1-5H3,(H,17,18,19). The summed E-state index contributed by atoms with van der Waals surface area (Å²) in [5.74, 6) is 2.39. The van der Waals surface area contributed by atoms with Gasteiger partial charge in [-0.25, -0.2) is 4.98 Å². The van der Waals surface area contributed by atoms with E-state index in [0.717, 1.165) is 30.0 Å². The fourth-order valence-corrected chi connectivity index (χ4v) is 3.46. The largest absolute Gasteiger partial charge is 0.357 e. The second kappa shape index (κ2) is 7.07. The van der Waals surface area contributed by atoms with Crippen molar-refractivity contribution in [2.75, 3.05) is 23.8 Å². The zero-order valence-corrected chi connectivity index (χ0v) is 14.5. The van der Waals surface area contributed by atoms with Crippen LogP contribution in [0.4, 0.5) is 11.8 Å². The third-order valence-electron chi connectivity index (χ3n) is 3.75. The predicted molar refractivity (Wildman–Crippen MR) is 93.5 cm³/mol. The lowest BCUT2D eigenvalue weighted by molar-refractivity contribution is 0.505. The van der Waals surface area contributed by atoms with Gasteiger partial charge in [-0.3, -0.25) is 0 Å². The normalized spacial score (nSPS) is 11.6. The monoisotopic (exact) mass is 306 g/mol. The van der Waals surface area contributed by atoms with Gasteiger partial charge in [0.05, 0.1) is 5.39 Å². The Morgan fingerprint density at radius 2 is 1.95 bits per heavy atom. The van der Waals surface area contributed by atoms with E-state index in [0.29, 0.717) is 17.9 Å². The molecule has 2 aromatic rings. The second-order valence-corrected chi connectivity index (χ2v) is 6.67. The summed E-state index contributed by atoms with van der Waals surface area (Å²) in [5, 5.41) is 6.36. The molecule has 0 aliphatic heterocycles. The van der Waals surface area contributed by atoms with Gasteiger partial charge in [0.1, 0.15) is 10.6 Å². The summed E-state index contributed by atoms with van der Waals surface area (Å²) in [6.07, 6.45) is 2.27. The first-order valence-corrected chi connectivity index (χ1v) is 8.68. The fraction of sp³-hybridized carbons (Fsp3) is 0.625. The first-order chi connectivity index (χ1) is 10.1. The third-order valence-corrected chi connectivity index (χ3v) is 4.55. The van der Waals surface area contributed by atoms with Gasteiger partial charge in [-0.05, 0) is 30.2 Å². The molecule has 0 aromatic carbocycles. The van der Waals surface area contributed by atoms with E-state index in [9.17, 15) is 0 Å². The number of hydrogen-bond donors (Lipinski definition) is 1. The molecular formula is C16H26N4S. The van der Waals surface area contributed by atoms with Crippen molar-refractivity contribution in [3.8, 4) is 0 Å². The maximum absolute atomic E-state index is 4.77. The van der Waals surface area contributed by atoms with Crippen molar-refractivity contribution in [1.82, 2.24) is 9.97 Å². The minimum atomic E-state index is 0.523. The molecule has 5 heteroatoms. The molecule has 0 spiro atoms. The first kappa shape index (κ1) is 16.0. The van der Waals surface area contributed by atoms with Crippen molar-refractivity contribution >= 4 is 33.3 Å². The molecule has 0 atom stereocenters. The zero-order chi connectivity index (χ0) is 15.4. The summed E-state index contributed by atoms with van der Waals surface area (Å²) in [6, 6.07) is 2.67. The Kier molecular flexibility index (Phi) is 5.39. The Hall–Kier alpha value is -1.36. The van der Waals surface area contributed by atoms with E-state index < -0.39 is 0 Å². The van der Waals surface area contributed by atoms with Crippen LogP contribution in [0.3, 0.4) is 0 Å². The van der Waals surface area contributed by atoms with Gasteiger partial charge in [0.25, 0.3) is 0 Å². The van der Waals surface area contributed by atoms with Gasteiger partial charge in [-0.1, -0.05) is 27.7 Å². The fourth-order valence-electron chi connectivity index (χ4n) is 2.70. The Bertz CT molecular complexity index is 575. The molecule has 0 amide bonds. The van der Waals surface area contributed by atoms with Crippen LogP contribution in [-0.4, -0.2) is 29.6 Å². The Labute approximate surface area is 131 Å². The SMILES string of the molecule is CCC(CC)N(CC(C)C)c1nc(NC)nc2sccc12.